The number of aldehydes is 1. The van der Waals surface area contributed by atoms with Crippen molar-refractivity contribution >= 4 is 30.0 Å². The number of esters is 1. The fourth-order valence-corrected chi connectivity index (χ4v) is 5.35. The Morgan fingerprint density at radius 2 is 1.74 bits per heavy atom. The number of amides is 3. The zero-order valence-corrected chi connectivity index (χ0v) is 20.5. The minimum Gasteiger partial charge on any atom is -0.464 e. The summed E-state index contributed by atoms with van der Waals surface area (Å²) in [6.45, 7) is 5.45. The van der Waals surface area contributed by atoms with Crippen LogP contribution in [-0.2, 0) is 28.7 Å². The number of carbonyl (C=O) groups excluding carboxylic acids is 5. The molecule has 5 unspecified atom stereocenters. The van der Waals surface area contributed by atoms with Gasteiger partial charge in [-0.2, -0.15) is 0 Å². The molecule has 1 N–H and O–H groups in total. The van der Waals surface area contributed by atoms with Crippen molar-refractivity contribution in [1.82, 2.24) is 20.0 Å². The molecule has 3 fully saturated rings. The molecule has 0 aromatic heterocycles. The van der Waals surface area contributed by atoms with E-state index in [1.165, 1.54) is 0 Å². The summed E-state index contributed by atoms with van der Waals surface area (Å²) in [6.07, 6.45) is 4.85. The Balaban J connectivity index is 1.55. The molecule has 0 radical (unpaired) electrons. The van der Waals surface area contributed by atoms with E-state index in [9.17, 15) is 24.0 Å². The second-order valence-corrected chi connectivity index (χ2v) is 9.94. The highest BCUT2D eigenvalue weighted by atomic mass is 16.5. The summed E-state index contributed by atoms with van der Waals surface area (Å²) in [4.78, 5) is 67.4. The lowest BCUT2D eigenvalue weighted by atomic mass is 9.99. The van der Waals surface area contributed by atoms with E-state index in [1.54, 1.807) is 16.7 Å². The average Bonchev–Trinajstić information content (AvgIpc) is 3.44. The molecule has 190 valence electrons. The number of rotatable bonds is 8. The summed E-state index contributed by atoms with van der Waals surface area (Å²) >= 11 is 0. The van der Waals surface area contributed by atoms with Crippen LogP contribution in [0.15, 0.2) is 0 Å². The third kappa shape index (κ3) is 6.14. The number of hydrogen-bond donors (Lipinski definition) is 1. The minimum atomic E-state index is -0.632. The van der Waals surface area contributed by atoms with Crippen molar-refractivity contribution in [1.29, 1.82) is 0 Å². The van der Waals surface area contributed by atoms with Gasteiger partial charge in [-0.05, 0) is 58.4 Å². The van der Waals surface area contributed by atoms with Crippen LogP contribution in [0.3, 0.4) is 0 Å². The normalized spacial score (nSPS) is 28.4. The van der Waals surface area contributed by atoms with E-state index in [-0.39, 0.29) is 42.8 Å². The van der Waals surface area contributed by atoms with Crippen LogP contribution in [0.4, 0.5) is 0 Å². The first-order chi connectivity index (χ1) is 16.2. The highest BCUT2D eigenvalue weighted by molar-refractivity contribution is 5.93. The molecule has 3 rings (SSSR count). The van der Waals surface area contributed by atoms with Gasteiger partial charge < -0.3 is 24.6 Å². The number of hydrogen-bond acceptors (Lipinski definition) is 7. The molecule has 3 aliphatic heterocycles. The molecule has 0 spiro atoms. The number of nitrogens with zero attached hydrogens (tertiary/aromatic N) is 3. The lowest BCUT2D eigenvalue weighted by Gasteiger charge is -2.38. The van der Waals surface area contributed by atoms with Crippen LogP contribution in [0.1, 0.15) is 58.8 Å². The average molecular weight is 479 g/mol. The molecule has 3 amide bonds. The standard InChI is InChI=1S/C24H38N4O6/c1-16-13-20(26(3)14-16)24(33)34-12-9-21(30)27-11-6-8-19(27)23(32)28-10-5-4-7-18(28)22(31)25-17(2)15-29/h15-20H,4-14H2,1-3H3,(H,25,31). The van der Waals surface area contributed by atoms with Gasteiger partial charge in [0.1, 0.15) is 31.0 Å². The van der Waals surface area contributed by atoms with Crippen LogP contribution in [0.2, 0.25) is 0 Å². The van der Waals surface area contributed by atoms with E-state index >= 15 is 0 Å². The molecule has 10 heteroatoms. The van der Waals surface area contributed by atoms with Gasteiger partial charge in [0.15, 0.2) is 0 Å². The molecule has 0 bridgehead atoms. The van der Waals surface area contributed by atoms with Gasteiger partial charge in [-0.3, -0.25) is 24.1 Å². The minimum absolute atomic E-state index is 0.00781. The van der Waals surface area contributed by atoms with Gasteiger partial charge in [0.05, 0.1) is 12.5 Å². The van der Waals surface area contributed by atoms with Crippen molar-refractivity contribution < 1.29 is 28.7 Å². The van der Waals surface area contributed by atoms with Gasteiger partial charge in [-0.1, -0.05) is 6.92 Å². The van der Waals surface area contributed by atoms with Crippen LogP contribution < -0.4 is 5.32 Å². The fraction of sp³-hybridized carbons (Fsp3) is 0.792. The van der Waals surface area contributed by atoms with E-state index in [4.69, 9.17) is 4.74 Å². The van der Waals surface area contributed by atoms with Crippen molar-refractivity contribution in [3.63, 3.8) is 0 Å². The molecule has 3 aliphatic rings. The number of carbonyl (C=O) groups is 5. The smallest absolute Gasteiger partial charge is 0.323 e. The van der Waals surface area contributed by atoms with Crippen LogP contribution in [0.5, 0.6) is 0 Å². The number of nitrogens with one attached hydrogen (secondary N) is 1. The predicted molar refractivity (Wildman–Crippen MR) is 124 cm³/mol. The predicted octanol–water partition coefficient (Wildman–Crippen LogP) is 0.336. The largest absolute Gasteiger partial charge is 0.464 e. The monoisotopic (exact) mass is 478 g/mol. The van der Waals surface area contributed by atoms with E-state index < -0.39 is 18.1 Å². The Bertz CT molecular complexity index is 789. The van der Waals surface area contributed by atoms with E-state index in [0.29, 0.717) is 44.6 Å². The molecule has 10 nitrogen and oxygen atoms in total. The first-order valence-electron chi connectivity index (χ1n) is 12.5. The number of likely N-dealkylation sites (tertiary alicyclic amines) is 3. The molecule has 0 saturated carbocycles. The van der Waals surface area contributed by atoms with Gasteiger partial charge in [0.25, 0.3) is 0 Å². The fourth-order valence-electron chi connectivity index (χ4n) is 5.35. The second kappa shape index (κ2) is 11.8. The lowest BCUT2D eigenvalue weighted by molar-refractivity contribution is -0.152. The summed E-state index contributed by atoms with van der Waals surface area (Å²) in [7, 11) is 1.90. The Morgan fingerprint density at radius 1 is 1.03 bits per heavy atom. The van der Waals surface area contributed by atoms with Crippen LogP contribution in [0, 0.1) is 5.92 Å². The molecule has 3 heterocycles. The maximum Gasteiger partial charge on any atom is 0.323 e. The Morgan fingerprint density at radius 3 is 2.41 bits per heavy atom. The summed E-state index contributed by atoms with van der Waals surface area (Å²) in [5.74, 6) is -0.641. The van der Waals surface area contributed by atoms with Gasteiger partial charge in [0, 0.05) is 19.6 Å². The quantitative estimate of drug-likeness (QED) is 0.395. The van der Waals surface area contributed by atoms with Crippen molar-refractivity contribution in [3.05, 3.63) is 0 Å². The summed E-state index contributed by atoms with van der Waals surface area (Å²) in [5.41, 5.74) is 0. The number of likely N-dealkylation sites (N-methyl/N-ethyl adjacent to an activating group) is 1. The van der Waals surface area contributed by atoms with E-state index in [0.717, 1.165) is 25.8 Å². The van der Waals surface area contributed by atoms with Gasteiger partial charge >= 0.3 is 5.97 Å². The summed E-state index contributed by atoms with van der Waals surface area (Å²) in [5, 5.41) is 2.64. The van der Waals surface area contributed by atoms with E-state index in [2.05, 4.69) is 12.2 Å². The Hall–Kier alpha value is -2.49. The van der Waals surface area contributed by atoms with Crippen molar-refractivity contribution in [3.8, 4) is 0 Å². The lowest BCUT2D eigenvalue weighted by Crippen LogP contribution is -2.57. The molecule has 0 aliphatic carbocycles. The van der Waals surface area contributed by atoms with Crippen molar-refractivity contribution in [2.75, 3.05) is 33.3 Å². The van der Waals surface area contributed by atoms with Crippen molar-refractivity contribution in [2.45, 2.75) is 83.0 Å². The highest BCUT2D eigenvalue weighted by Gasteiger charge is 2.41. The highest BCUT2D eigenvalue weighted by Crippen LogP contribution is 2.26. The first-order valence-corrected chi connectivity index (χ1v) is 12.5. The van der Waals surface area contributed by atoms with Crippen LogP contribution >= 0.6 is 0 Å². The number of ether oxygens (including phenoxy) is 1. The maximum atomic E-state index is 13.4. The Kier molecular flexibility index (Phi) is 9.04. The SMILES string of the molecule is CC1CC(C(=O)OCCC(=O)N2CCCC2C(=O)N2CCCCC2C(=O)NC(C)C=O)N(C)C1. The maximum absolute atomic E-state index is 13.4. The zero-order valence-electron chi connectivity index (χ0n) is 20.5. The summed E-state index contributed by atoms with van der Waals surface area (Å²) in [6, 6.07) is -2.13. The van der Waals surface area contributed by atoms with Crippen molar-refractivity contribution in [2.24, 2.45) is 5.92 Å². The van der Waals surface area contributed by atoms with Crippen LogP contribution in [0.25, 0.3) is 0 Å². The Labute approximate surface area is 201 Å². The molecule has 5 atom stereocenters. The molecular weight excluding hydrogens is 440 g/mol. The molecule has 34 heavy (non-hydrogen) atoms. The molecule has 3 saturated heterocycles. The third-order valence-corrected chi connectivity index (χ3v) is 7.11. The van der Waals surface area contributed by atoms with Gasteiger partial charge in [-0.25, -0.2) is 0 Å². The van der Waals surface area contributed by atoms with E-state index in [1.807, 2.05) is 11.9 Å². The van der Waals surface area contributed by atoms with Gasteiger partial charge in [0.2, 0.25) is 17.7 Å². The topological polar surface area (TPSA) is 116 Å². The van der Waals surface area contributed by atoms with Crippen LogP contribution in [-0.4, -0.2) is 102 Å². The van der Waals surface area contributed by atoms with Gasteiger partial charge in [-0.15, -0.1) is 0 Å². The number of piperidine rings is 1. The molecule has 0 aromatic rings. The third-order valence-electron chi connectivity index (χ3n) is 7.11. The second-order valence-electron chi connectivity index (χ2n) is 9.94. The first kappa shape index (κ1) is 26.1. The molecule has 0 aromatic carbocycles. The zero-order chi connectivity index (χ0) is 24.8. The summed E-state index contributed by atoms with van der Waals surface area (Å²) < 4.78 is 5.38. The molecular formula is C24H38N4O6.